The van der Waals surface area contributed by atoms with Crippen LogP contribution in [0.5, 0.6) is 0 Å². The first-order valence-electron chi connectivity index (χ1n) is 6.58. The predicted octanol–water partition coefficient (Wildman–Crippen LogP) is 2.50. The summed E-state index contributed by atoms with van der Waals surface area (Å²) in [6.07, 6.45) is 2.62. The van der Waals surface area contributed by atoms with E-state index in [1.54, 1.807) is 17.7 Å². The summed E-state index contributed by atoms with van der Waals surface area (Å²) >= 11 is 1.77. The summed E-state index contributed by atoms with van der Waals surface area (Å²) in [5.74, 6) is 1.39. The number of H-pyrrole nitrogens is 1. The molecular weight excluding hydrogens is 272 g/mol. The molecule has 0 spiro atoms. The second kappa shape index (κ2) is 5.87. The van der Waals surface area contributed by atoms with Crippen LogP contribution in [0.25, 0.3) is 11.2 Å². The highest BCUT2D eigenvalue weighted by Crippen LogP contribution is 2.18. The molecule has 3 aromatic rings. The highest BCUT2D eigenvalue weighted by atomic mass is 32.1. The molecule has 0 aliphatic rings. The molecule has 0 aromatic carbocycles. The van der Waals surface area contributed by atoms with Crippen LogP contribution in [-0.4, -0.2) is 33.0 Å². The number of thiophene rings is 1. The molecule has 0 unspecified atom stereocenters. The second-order valence-electron chi connectivity index (χ2n) is 4.28. The topological polar surface area (TPSA) is 78.5 Å². The zero-order chi connectivity index (χ0) is 13.8. The highest BCUT2D eigenvalue weighted by Gasteiger charge is 2.09. The Morgan fingerprint density at radius 1 is 1.30 bits per heavy atom. The zero-order valence-electron chi connectivity index (χ0n) is 11.2. The van der Waals surface area contributed by atoms with Gasteiger partial charge in [-0.2, -0.15) is 9.97 Å². The Kier molecular flexibility index (Phi) is 3.78. The van der Waals surface area contributed by atoms with Crippen LogP contribution in [0.4, 0.5) is 11.8 Å². The first-order valence-corrected chi connectivity index (χ1v) is 7.46. The average Bonchev–Trinajstić information content (AvgIpc) is 3.09. The number of anilines is 2. The van der Waals surface area contributed by atoms with Gasteiger partial charge in [-0.1, -0.05) is 6.07 Å². The second-order valence-corrected chi connectivity index (χ2v) is 5.32. The van der Waals surface area contributed by atoms with Crippen molar-refractivity contribution >= 4 is 34.3 Å². The van der Waals surface area contributed by atoms with Gasteiger partial charge in [-0.3, -0.25) is 0 Å². The van der Waals surface area contributed by atoms with Crippen molar-refractivity contribution in [2.75, 3.05) is 23.7 Å². The Bertz CT molecular complexity index is 675. The molecule has 6 nitrogen and oxygen atoms in total. The molecule has 3 aromatic heterocycles. The maximum atomic E-state index is 4.48. The minimum absolute atomic E-state index is 0.603. The third-order valence-corrected chi connectivity index (χ3v) is 3.80. The fourth-order valence-corrected chi connectivity index (χ4v) is 2.67. The zero-order valence-corrected chi connectivity index (χ0v) is 12.0. The van der Waals surface area contributed by atoms with Crippen molar-refractivity contribution in [2.45, 2.75) is 13.3 Å². The maximum absolute atomic E-state index is 4.48. The standard InChI is InChI=1S/C13H16N6S/c1-2-14-13-18-11(10-12(19-13)17-8-16-10)15-6-5-9-4-3-7-20-9/h3-4,7-8H,2,5-6H2,1H3,(H3,14,15,16,17,18,19). The van der Waals surface area contributed by atoms with Crippen molar-refractivity contribution in [2.24, 2.45) is 0 Å². The van der Waals surface area contributed by atoms with Crippen LogP contribution in [0.15, 0.2) is 23.8 Å². The maximum Gasteiger partial charge on any atom is 0.226 e. The molecule has 0 saturated carbocycles. The Balaban J connectivity index is 1.76. The molecule has 0 aliphatic heterocycles. The van der Waals surface area contributed by atoms with E-state index in [-0.39, 0.29) is 0 Å². The molecule has 0 saturated heterocycles. The van der Waals surface area contributed by atoms with E-state index in [1.165, 1.54) is 4.88 Å². The minimum Gasteiger partial charge on any atom is -0.368 e. The van der Waals surface area contributed by atoms with Crippen LogP contribution in [0.2, 0.25) is 0 Å². The molecule has 7 heteroatoms. The number of hydrogen-bond donors (Lipinski definition) is 3. The van der Waals surface area contributed by atoms with E-state index in [0.29, 0.717) is 11.6 Å². The van der Waals surface area contributed by atoms with Gasteiger partial charge in [-0.15, -0.1) is 11.3 Å². The summed E-state index contributed by atoms with van der Waals surface area (Å²) in [5, 5.41) is 8.57. The van der Waals surface area contributed by atoms with E-state index in [1.807, 2.05) is 6.92 Å². The van der Waals surface area contributed by atoms with E-state index in [9.17, 15) is 0 Å². The average molecular weight is 288 g/mol. The summed E-state index contributed by atoms with van der Waals surface area (Å²) < 4.78 is 0. The molecule has 0 atom stereocenters. The van der Waals surface area contributed by atoms with Crippen molar-refractivity contribution in [3.05, 3.63) is 28.7 Å². The van der Waals surface area contributed by atoms with E-state index >= 15 is 0 Å². The summed E-state index contributed by atoms with van der Waals surface area (Å²) in [5.41, 5.74) is 1.52. The summed E-state index contributed by atoms with van der Waals surface area (Å²) in [7, 11) is 0. The van der Waals surface area contributed by atoms with Gasteiger partial charge >= 0.3 is 0 Å². The molecule has 0 bridgehead atoms. The van der Waals surface area contributed by atoms with Crippen molar-refractivity contribution < 1.29 is 0 Å². The largest absolute Gasteiger partial charge is 0.368 e. The number of aromatic amines is 1. The third kappa shape index (κ3) is 2.72. The smallest absolute Gasteiger partial charge is 0.226 e. The summed E-state index contributed by atoms with van der Waals surface area (Å²) in [6.45, 7) is 3.63. The van der Waals surface area contributed by atoms with Crippen LogP contribution < -0.4 is 10.6 Å². The molecule has 3 heterocycles. The molecular formula is C13H16N6S. The molecule has 0 fully saturated rings. The lowest BCUT2D eigenvalue weighted by Gasteiger charge is -2.08. The summed E-state index contributed by atoms with van der Waals surface area (Å²) in [6, 6.07) is 4.21. The van der Waals surface area contributed by atoms with E-state index in [2.05, 4.69) is 48.1 Å². The van der Waals surface area contributed by atoms with Crippen LogP contribution >= 0.6 is 11.3 Å². The fraction of sp³-hybridized carbons (Fsp3) is 0.308. The van der Waals surface area contributed by atoms with Gasteiger partial charge in [0.25, 0.3) is 0 Å². The fourth-order valence-electron chi connectivity index (χ4n) is 1.96. The van der Waals surface area contributed by atoms with Crippen LogP contribution in [-0.2, 0) is 6.42 Å². The number of rotatable bonds is 6. The van der Waals surface area contributed by atoms with Gasteiger partial charge in [0.1, 0.15) is 5.52 Å². The van der Waals surface area contributed by atoms with Gasteiger partial charge < -0.3 is 15.6 Å². The first-order chi connectivity index (χ1) is 9.86. The Morgan fingerprint density at radius 2 is 2.25 bits per heavy atom. The number of nitrogens with zero attached hydrogens (tertiary/aromatic N) is 3. The molecule has 0 amide bonds. The predicted molar refractivity (Wildman–Crippen MR) is 82.4 cm³/mol. The van der Waals surface area contributed by atoms with Gasteiger partial charge in [-0.05, 0) is 24.8 Å². The lowest BCUT2D eigenvalue weighted by atomic mass is 10.3. The van der Waals surface area contributed by atoms with Gasteiger partial charge in [0.15, 0.2) is 11.5 Å². The molecule has 0 radical (unpaired) electrons. The molecule has 3 N–H and O–H groups in total. The Morgan fingerprint density at radius 3 is 3.05 bits per heavy atom. The van der Waals surface area contributed by atoms with Crippen LogP contribution in [0.1, 0.15) is 11.8 Å². The molecule has 104 valence electrons. The van der Waals surface area contributed by atoms with E-state index in [4.69, 9.17) is 0 Å². The molecule has 20 heavy (non-hydrogen) atoms. The normalized spacial score (nSPS) is 10.8. The first kappa shape index (κ1) is 12.9. The summed E-state index contributed by atoms with van der Waals surface area (Å²) in [4.78, 5) is 17.5. The number of aromatic nitrogens is 4. The monoisotopic (exact) mass is 288 g/mol. The Hall–Kier alpha value is -2.15. The van der Waals surface area contributed by atoms with E-state index < -0.39 is 0 Å². The minimum atomic E-state index is 0.603. The van der Waals surface area contributed by atoms with Crippen molar-refractivity contribution in [3.63, 3.8) is 0 Å². The number of fused-ring (bicyclic) bond motifs is 1. The quantitative estimate of drug-likeness (QED) is 0.649. The van der Waals surface area contributed by atoms with Gasteiger partial charge in [0.05, 0.1) is 6.33 Å². The molecule has 0 aliphatic carbocycles. The number of hydrogen-bond acceptors (Lipinski definition) is 6. The lowest BCUT2D eigenvalue weighted by molar-refractivity contribution is 1.02. The van der Waals surface area contributed by atoms with Crippen LogP contribution in [0.3, 0.4) is 0 Å². The van der Waals surface area contributed by atoms with Crippen molar-refractivity contribution in [3.8, 4) is 0 Å². The lowest BCUT2D eigenvalue weighted by Crippen LogP contribution is -2.09. The SMILES string of the molecule is CCNc1nc(NCCc2cccs2)c2[nH]cnc2n1. The van der Waals surface area contributed by atoms with Crippen LogP contribution in [0, 0.1) is 0 Å². The third-order valence-electron chi connectivity index (χ3n) is 2.86. The Labute approximate surface area is 120 Å². The van der Waals surface area contributed by atoms with Crippen molar-refractivity contribution in [1.29, 1.82) is 0 Å². The van der Waals surface area contributed by atoms with Gasteiger partial charge in [0, 0.05) is 18.0 Å². The van der Waals surface area contributed by atoms with Gasteiger partial charge in [-0.25, -0.2) is 4.98 Å². The molecule has 3 rings (SSSR count). The number of nitrogens with one attached hydrogen (secondary N) is 3. The van der Waals surface area contributed by atoms with Crippen molar-refractivity contribution in [1.82, 2.24) is 19.9 Å². The highest BCUT2D eigenvalue weighted by molar-refractivity contribution is 7.09. The number of imidazole rings is 1. The van der Waals surface area contributed by atoms with E-state index in [0.717, 1.165) is 30.8 Å². The van der Waals surface area contributed by atoms with Gasteiger partial charge in [0.2, 0.25) is 5.95 Å².